The molecule has 1 aromatic heterocycles. The van der Waals surface area contributed by atoms with Gasteiger partial charge in [-0.25, -0.2) is 0 Å². The van der Waals surface area contributed by atoms with Crippen molar-refractivity contribution in [1.29, 1.82) is 0 Å². The molecular weight excluding hydrogens is 114 g/mol. The number of rotatable bonds is 0. The van der Waals surface area contributed by atoms with E-state index < -0.39 is 0 Å². The smallest absolute Gasteiger partial charge is 0.0629 e. The van der Waals surface area contributed by atoms with Crippen molar-refractivity contribution in [2.24, 2.45) is 0 Å². The molecule has 0 aliphatic heterocycles. The monoisotopic (exact) mass is 125 g/mol. The summed E-state index contributed by atoms with van der Waals surface area (Å²) in [5.74, 6) is 0. The van der Waals surface area contributed by atoms with Gasteiger partial charge in [0.2, 0.25) is 0 Å². The first-order valence-electron chi connectivity index (χ1n) is 2.55. The van der Waals surface area contributed by atoms with Crippen LogP contribution in [0.1, 0.15) is 11.3 Å². The van der Waals surface area contributed by atoms with Crippen molar-refractivity contribution >= 4 is 0 Å². The SMILES string of the molecule is Cc1ccnnc1C.N. The van der Waals surface area contributed by atoms with Crippen molar-refractivity contribution in [2.75, 3.05) is 0 Å². The minimum absolute atomic E-state index is 0. The highest BCUT2D eigenvalue weighted by atomic mass is 15.1. The van der Waals surface area contributed by atoms with Gasteiger partial charge < -0.3 is 6.15 Å². The van der Waals surface area contributed by atoms with E-state index in [4.69, 9.17) is 0 Å². The average Bonchev–Trinajstić information content (AvgIpc) is 1.77. The molecule has 9 heavy (non-hydrogen) atoms. The Labute approximate surface area is 54.7 Å². The van der Waals surface area contributed by atoms with Gasteiger partial charge in [-0.15, -0.1) is 0 Å². The molecule has 0 amide bonds. The zero-order valence-electron chi connectivity index (χ0n) is 5.76. The van der Waals surface area contributed by atoms with Crippen LogP contribution in [-0.4, -0.2) is 10.2 Å². The Morgan fingerprint density at radius 2 is 2.00 bits per heavy atom. The molecule has 0 saturated heterocycles. The van der Waals surface area contributed by atoms with Crippen LogP contribution in [0.4, 0.5) is 0 Å². The number of aromatic nitrogens is 2. The maximum absolute atomic E-state index is 3.83. The summed E-state index contributed by atoms with van der Waals surface area (Å²) in [4.78, 5) is 0. The van der Waals surface area contributed by atoms with Crippen LogP contribution in [0.15, 0.2) is 12.3 Å². The van der Waals surface area contributed by atoms with Crippen molar-refractivity contribution in [2.45, 2.75) is 13.8 Å². The van der Waals surface area contributed by atoms with Crippen molar-refractivity contribution in [1.82, 2.24) is 16.3 Å². The van der Waals surface area contributed by atoms with Crippen LogP contribution in [0, 0.1) is 13.8 Å². The number of hydrogen-bond acceptors (Lipinski definition) is 3. The Morgan fingerprint density at radius 3 is 2.33 bits per heavy atom. The Bertz CT molecular complexity index is 164. The highest BCUT2D eigenvalue weighted by molar-refractivity contribution is 5.12. The third kappa shape index (κ3) is 1.77. The highest BCUT2D eigenvalue weighted by Crippen LogP contribution is 1.96. The second kappa shape index (κ2) is 3.14. The van der Waals surface area contributed by atoms with Crippen LogP contribution in [0.3, 0.4) is 0 Å². The summed E-state index contributed by atoms with van der Waals surface area (Å²) in [7, 11) is 0. The molecule has 0 atom stereocenters. The lowest BCUT2D eigenvalue weighted by molar-refractivity contribution is 0.961. The fraction of sp³-hybridized carbons (Fsp3) is 0.333. The van der Waals surface area contributed by atoms with Gasteiger partial charge in [-0.1, -0.05) is 0 Å². The molecule has 1 heterocycles. The van der Waals surface area contributed by atoms with E-state index >= 15 is 0 Å². The van der Waals surface area contributed by atoms with Crippen LogP contribution in [0.2, 0.25) is 0 Å². The summed E-state index contributed by atoms with van der Waals surface area (Å²) >= 11 is 0. The number of aryl methyl sites for hydroxylation is 2. The average molecular weight is 125 g/mol. The summed E-state index contributed by atoms with van der Waals surface area (Å²) in [5, 5.41) is 7.52. The maximum Gasteiger partial charge on any atom is 0.0629 e. The minimum atomic E-state index is 0. The fourth-order valence-corrected chi connectivity index (χ4v) is 0.465. The van der Waals surface area contributed by atoms with E-state index in [0.717, 1.165) is 5.69 Å². The van der Waals surface area contributed by atoms with Crippen molar-refractivity contribution in [3.05, 3.63) is 23.5 Å². The van der Waals surface area contributed by atoms with E-state index in [0.29, 0.717) is 0 Å². The van der Waals surface area contributed by atoms with Gasteiger partial charge in [0, 0.05) is 6.20 Å². The van der Waals surface area contributed by atoms with Gasteiger partial charge in [0.1, 0.15) is 0 Å². The van der Waals surface area contributed by atoms with Gasteiger partial charge in [0.15, 0.2) is 0 Å². The number of hydrogen-bond donors (Lipinski definition) is 1. The third-order valence-electron chi connectivity index (χ3n) is 1.17. The van der Waals surface area contributed by atoms with Gasteiger partial charge in [-0.3, -0.25) is 0 Å². The minimum Gasteiger partial charge on any atom is -0.344 e. The van der Waals surface area contributed by atoms with Gasteiger partial charge in [0.25, 0.3) is 0 Å². The van der Waals surface area contributed by atoms with Crippen LogP contribution in [0.5, 0.6) is 0 Å². The van der Waals surface area contributed by atoms with E-state index in [-0.39, 0.29) is 6.15 Å². The van der Waals surface area contributed by atoms with Gasteiger partial charge in [-0.2, -0.15) is 10.2 Å². The van der Waals surface area contributed by atoms with Gasteiger partial charge >= 0.3 is 0 Å². The summed E-state index contributed by atoms with van der Waals surface area (Å²) in [6, 6.07) is 1.95. The molecule has 0 unspecified atom stereocenters. The summed E-state index contributed by atoms with van der Waals surface area (Å²) in [6.45, 7) is 3.96. The molecule has 0 aromatic carbocycles. The van der Waals surface area contributed by atoms with Crippen molar-refractivity contribution < 1.29 is 0 Å². The largest absolute Gasteiger partial charge is 0.344 e. The van der Waals surface area contributed by atoms with Gasteiger partial charge in [-0.05, 0) is 25.5 Å². The van der Waals surface area contributed by atoms with Crippen LogP contribution >= 0.6 is 0 Å². The van der Waals surface area contributed by atoms with E-state index in [1.807, 2.05) is 19.9 Å². The molecule has 0 radical (unpaired) electrons. The first-order valence-corrected chi connectivity index (χ1v) is 2.55. The van der Waals surface area contributed by atoms with E-state index in [9.17, 15) is 0 Å². The molecule has 0 saturated carbocycles. The molecule has 50 valence electrons. The predicted octanol–water partition coefficient (Wildman–Crippen LogP) is 1.26. The maximum atomic E-state index is 3.83. The topological polar surface area (TPSA) is 60.8 Å². The quantitative estimate of drug-likeness (QED) is 0.567. The normalized spacial score (nSPS) is 8.22. The van der Waals surface area contributed by atoms with Gasteiger partial charge in [0.05, 0.1) is 5.69 Å². The molecule has 3 nitrogen and oxygen atoms in total. The third-order valence-corrected chi connectivity index (χ3v) is 1.17. The predicted molar refractivity (Wildman–Crippen MR) is 36.5 cm³/mol. The molecule has 1 aromatic rings. The fourth-order valence-electron chi connectivity index (χ4n) is 0.465. The Balaban J connectivity index is 0.000000640. The Morgan fingerprint density at radius 1 is 1.33 bits per heavy atom. The van der Waals surface area contributed by atoms with Crippen LogP contribution < -0.4 is 6.15 Å². The van der Waals surface area contributed by atoms with Crippen molar-refractivity contribution in [3.8, 4) is 0 Å². The van der Waals surface area contributed by atoms with Crippen LogP contribution in [0.25, 0.3) is 0 Å². The molecule has 0 spiro atoms. The lowest BCUT2D eigenvalue weighted by Crippen LogP contribution is -1.86. The lowest BCUT2D eigenvalue weighted by atomic mass is 10.3. The van der Waals surface area contributed by atoms with E-state index in [2.05, 4.69) is 10.2 Å². The van der Waals surface area contributed by atoms with Crippen molar-refractivity contribution in [3.63, 3.8) is 0 Å². The first-order chi connectivity index (χ1) is 3.80. The molecule has 3 N–H and O–H groups in total. The highest BCUT2D eigenvalue weighted by Gasteiger charge is 1.86. The number of nitrogens with zero attached hydrogens (tertiary/aromatic N) is 2. The first kappa shape index (κ1) is 8.04. The standard InChI is InChI=1S/C6H8N2.H3N/c1-5-3-4-7-8-6(5)2;/h3-4H,1-2H3;1H3. The van der Waals surface area contributed by atoms with Crippen LogP contribution in [-0.2, 0) is 0 Å². The molecule has 0 bridgehead atoms. The molecule has 0 aliphatic rings. The van der Waals surface area contributed by atoms with E-state index in [1.54, 1.807) is 6.20 Å². The Hall–Kier alpha value is -0.960. The Kier molecular flexibility index (Phi) is 2.81. The summed E-state index contributed by atoms with van der Waals surface area (Å²) in [5.41, 5.74) is 2.20. The lowest BCUT2D eigenvalue weighted by Gasteiger charge is -1.91. The molecular formula is C6H11N3. The molecule has 0 aliphatic carbocycles. The zero-order chi connectivity index (χ0) is 5.98. The second-order valence-electron chi connectivity index (χ2n) is 1.80. The zero-order valence-corrected chi connectivity index (χ0v) is 5.76. The second-order valence-corrected chi connectivity index (χ2v) is 1.80. The molecule has 3 heteroatoms. The molecule has 1 rings (SSSR count). The molecule has 0 fully saturated rings. The summed E-state index contributed by atoms with van der Waals surface area (Å²) in [6.07, 6.45) is 1.70. The summed E-state index contributed by atoms with van der Waals surface area (Å²) < 4.78 is 0. The van der Waals surface area contributed by atoms with E-state index in [1.165, 1.54) is 5.56 Å².